The number of likely N-dealkylation sites (N-methyl/N-ethyl adjacent to an activating group) is 1. The van der Waals surface area contributed by atoms with Crippen LogP contribution in [0.15, 0.2) is 0 Å². The lowest BCUT2D eigenvalue weighted by molar-refractivity contribution is -0.875. The second-order valence-electron chi connectivity index (χ2n) is 7.38. The number of carbonyl (C=O) groups excluding carboxylic acids is 4. The zero-order chi connectivity index (χ0) is 22.4. The third-order valence-corrected chi connectivity index (χ3v) is 3.96. The Morgan fingerprint density at radius 1 is 0.897 bits per heavy atom. The molecule has 1 aliphatic heterocycles. The van der Waals surface area contributed by atoms with Gasteiger partial charge in [0.1, 0.15) is 6.54 Å². The Labute approximate surface area is 169 Å². The van der Waals surface area contributed by atoms with Crippen LogP contribution in [0.4, 0.5) is 0 Å². The van der Waals surface area contributed by atoms with Crippen molar-refractivity contribution < 1.29 is 47.3 Å². The van der Waals surface area contributed by atoms with Crippen molar-refractivity contribution in [1.82, 2.24) is 0 Å². The van der Waals surface area contributed by atoms with E-state index in [4.69, 9.17) is 30.1 Å². The Kier molecular flexibility index (Phi) is 8.60. The molecule has 10 nitrogen and oxygen atoms in total. The van der Waals surface area contributed by atoms with Gasteiger partial charge in [-0.2, -0.15) is 0 Å². The zero-order valence-corrected chi connectivity index (χ0v) is 17.5. The number of terminal acetylenes is 1. The molecule has 5 atom stereocenters. The predicted molar refractivity (Wildman–Crippen MR) is 97.8 cm³/mol. The summed E-state index contributed by atoms with van der Waals surface area (Å²) in [5.74, 6) is -0.260. The van der Waals surface area contributed by atoms with Crippen LogP contribution in [-0.2, 0) is 42.9 Å². The molecule has 1 saturated heterocycles. The summed E-state index contributed by atoms with van der Waals surface area (Å²) in [6.07, 6.45) is -0.513. The Balaban J connectivity index is 3.12. The largest absolute Gasteiger partial charge is 0.456 e. The molecule has 0 aromatic rings. The van der Waals surface area contributed by atoms with Crippen LogP contribution in [0.3, 0.4) is 0 Å². The topological polar surface area (TPSA) is 114 Å². The van der Waals surface area contributed by atoms with E-state index in [1.807, 2.05) is 0 Å². The summed E-state index contributed by atoms with van der Waals surface area (Å²) in [6.45, 7) is 5.22. The number of rotatable bonds is 7. The summed E-state index contributed by atoms with van der Waals surface area (Å²) >= 11 is 0. The van der Waals surface area contributed by atoms with Crippen LogP contribution < -0.4 is 0 Å². The van der Waals surface area contributed by atoms with E-state index in [9.17, 15) is 19.2 Å². The minimum absolute atomic E-state index is 0.0726. The highest BCUT2D eigenvalue weighted by atomic mass is 16.7. The molecule has 1 aliphatic rings. The van der Waals surface area contributed by atoms with Gasteiger partial charge < -0.3 is 28.2 Å². The minimum atomic E-state index is -1.37. The van der Waals surface area contributed by atoms with E-state index in [-0.39, 0.29) is 17.6 Å². The smallest absolute Gasteiger partial charge is 0.364 e. The van der Waals surface area contributed by atoms with Crippen molar-refractivity contribution in [2.75, 3.05) is 27.2 Å². The molecule has 0 radical (unpaired) electrons. The lowest BCUT2D eigenvalue weighted by Gasteiger charge is -2.43. The average Bonchev–Trinajstić information content (AvgIpc) is 2.52. The van der Waals surface area contributed by atoms with Crippen molar-refractivity contribution in [1.29, 1.82) is 0 Å². The minimum Gasteiger partial charge on any atom is -0.456 e. The van der Waals surface area contributed by atoms with Gasteiger partial charge >= 0.3 is 23.9 Å². The summed E-state index contributed by atoms with van der Waals surface area (Å²) in [7, 11) is 3.49. The van der Waals surface area contributed by atoms with Crippen LogP contribution in [0, 0.1) is 12.3 Å². The molecule has 0 spiro atoms. The van der Waals surface area contributed by atoms with Gasteiger partial charge in [-0.1, -0.05) is 0 Å². The highest BCUT2D eigenvalue weighted by Crippen LogP contribution is 2.29. The van der Waals surface area contributed by atoms with Gasteiger partial charge in [0, 0.05) is 20.8 Å². The first kappa shape index (κ1) is 24.4. The molecule has 0 bridgehead atoms. The first-order chi connectivity index (χ1) is 13.4. The molecule has 1 fully saturated rings. The molecule has 1 unspecified atom stereocenters. The second kappa shape index (κ2) is 10.2. The normalized spacial score (nSPS) is 26.6. The van der Waals surface area contributed by atoms with Crippen molar-refractivity contribution in [3.63, 3.8) is 0 Å². The van der Waals surface area contributed by atoms with Gasteiger partial charge in [-0.3, -0.25) is 14.4 Å². The van der Waals surface area contributed by atoms with Crippen LogP contribution in [0.2, 0.25) is 0 Å². The molecule has 0 aromatic carbocycles. The lowest BCUT2D eigenvalue weighted by Crippen LogP contribution is -2.61. The highest BCUT2D eigenvalue weighted by Gasteiger charge is 2.52. The monoisotopic (exact) mass is 414 g/mol. The Morgan fingerprint density at radius 3 is 1.86 bits per heavy atom. The van der Waals surface area contributed by atoms with Crippen LogP contribution in [0.25, 0.3) is 0 Å². The van der Waals surface area contributed by atoms with Gasteiger partial charge in [0.2, 0.25) is 12.4 Å². The lowest BCUT2D eigenvalue weighted by atomic mass is 9.99. The van der Waals surface area contributed by atoms with E-state index in [0.717, 1.165) is 13.8 Å². The van der Waals surface area contributed by atoms with Crippen LogP contribution >= 0.6 is 0 Å². The van der Waals surface area contributed by atoms with Crippen LogP contribution in [0.1, 0.15) is 27.7 Å². The van der Waals surface area contributed by atoms with Gasteiger partial charge in [-0.15, -0.1) is 6.42 Å². The van der Waals surface area contributed by atoms with Crippen molar-refractivity contribution in [2.24, 2.45) is 0 Å². The van der Waals surface area contributed by atoms with E-state index >= 15 is 0 Å². The average molecular weight is 414 g/mol. The Hall–Kier alpha value is -2.64. The molecular weight excluding hydrogens is 386 g/mol. The van der Waals surface area contributed by atoms with E-state index in [1.54, 1.807) is 21.0 Å². The number of esters is 4. The molecule has 162 valence electrons. The maximum atomic E-state index is 12.4. The Morgan fingerprint density at radius 2 is 1.38 bits per heavy atom. The maximum absolute atomic E-state index is 12.4. The standard InChI is InChI=1S/C19H28NO9/c1-8-9-20(6,7)10-15(24)29-19-18(28-14(5)23)17(27-13(4)22)16(11(2)25-19)26-12(3)21/h1,11,16-19H,9-10H2,2-7H3/q+1/t11-,16-,17+,18+,19?/m0/s1. The molecule has 0 amide bonds. The van der Waals surface area contributed by atoms with Crippen LogP contribution in [0.5, 0.6) is 0 Å². The fourth-order valence-corrected chi connectivity index (χ4v) is 2.88. The summed E-state index contributed by atoms with van der Waals surface area (Å²) in [4.78, 5) is 47.1. The molecule has 1 rings (SSSR count). The molecule has 1 heterocycles. The first-order valence-electron chi connectivity index (χ1n) is 8.98. The van der Waals surface area contributed by atoms with Gasteiger partial charge in [0.25, 0.3) is 0 Å². The number of ether oxygens (including phenoxy) is 5. The number of nitrogens with zero attached hydrogens (tertiary/aromatic N) is 1. The van der Waals surface area contributed by atoms with Gasteiger partial charge in [0.15, 0.2) is 18.8 Å². The van der Waals surface area contributed by atoms with E-state index in [1.165, 1.54) is 6.92 Å². The fourth-order valence-electron chi connectivity index (χ4n) is 2.88. The SMILES string of the molecule is C#CC[N+](C)(C)CC(=O)OC1O[C@@H](C)[C@H](OC(C)=O)[C@@H](OC(C)=O)[C@H]1OC(C)=O. The van der Waals surface area contributed by atoms with E-state index in [0.29, 0.717) is 0 Å². The quantitative estimate of drug-likeness (QED) is 0.241. The first-order valence-corrected chi connectivity index (χ1v) is 8.98. The fraction of sp³-hybridized carbons (Fsp3) is 0.684. The van der Waals surface area contributed by atoms with E-state index < -0.39 is 54.6 Å². The number of quaternary nitrogens is 1. The summed E-state index contributed by atoms with van der Waals surface area (Å²) in [5.41, 5.74) is 0. The maximum Gasteiger partial charge on any atom is 0.364 e. The van der Waals surface area contributed by atoms with Crippen LogP contribution in [-0.4, -0.2) is 86.3 Å². The number of hydrogen-bond acceptors (Lipinski definition) is 9. The van der Waals surface area contributed by atoms with Crippen molar-refractivity contribution in [3.8, 4) is 12.3 Å². The van der Waals surface area contributed by atoms with Crippen molar-refractivity contribution in [2.45, 2.75) is 58.4 Å². The zero-order valence-electron chi connectivity index (χ0n) is 17.5. The molecule has 29 heavy (non-hydrogen) atoms. The number of carbonyl (C=O) groups is 4. The van der Waals surface area contributed by atoms with Crippen molar-refractivity contribution in [3.05, 3.63) is 0 Å². The number of hydrogen-bond donors (Lipinski definition) is 0. The molecule has 10 heteroatoms. The molecule has 0 saturated carbocycles. The van der Waals surface area contributed by atoms with Gasteiger partial charge in [-0.25, -0.2) is 4.79 Å². The third-order valence-electron chi connectivity index (χ3n) is 3.96. The molecule has 0 N–H and O–H groups in total. The summed E-state index contributed by atoms with van der Waals surface area (Å²) in [6, 6.07) is 0. The van der Waals surface area contributed by atoms with Gasteiger partial charge in [-0.05, 0) is 12.8 Å². The highest BCUT2D eigenvalue weighted by molar-refractivity contribution is 5.71. The second-order valence-corrected chi connectivity index (χ2v) is 7.38. The van der Waals surface area contributed by atoms with Crippen molar-refractivity contribution >= 4 is 23.9 Å². The van der Waals surface area contributed by atoms with Gasteiger partial charge in [0.05, 0.1) is 20.2 Å². The third kappa shape index (κ3) is 7.71. The molecule has 0 aromatic heterocycles. The molecule has 0 aliphatic carbocycles. The predicted octanol–water partition coefficient (Wildman–Crippen LogP) is -0.221. The van der Waals surface area contributed by atoms with E-state index in [2.05, 4.69) is 5.92 Å². The molecular formula is C19H28NO9+. The summed E-state index contributed by atoms with van der Waals surface area (Å²) in [5, 5.41) is 0. The Bertz CT molecular complexity index is 682. The summed E-state index contributed by atoms with van der Waals surface area (Å²) < 4.78 is 26.8.